The van der Waals surface area contributed by atoms with Crippen LogP contribution >= 0.6 is 11.8 Å². The summed E-state index contributed by atoms with van der Waals surface area (Å²) in [6.07, 6.45) is 0. The second-order valence-corrected chi connectivity index (χ2v) is 6.79. The van der Waals surface area contributed by atoms with Gasteiger partial charge in [-0.2, -0.15) is 8.42 Å². The van der Waals surface area contributed by atoms with E-state index in [-0.39, 0.29) is 15.8 Å². The van der Waals surface area contributed by atoms with Crippen LogP contribution in [0, 0.1) is 0 Å². The third-order valence-electron chi connectivity index (χ3n) is 2.54. The van der Waals surface area contributed by atoms with Crippen molar-refractivity contribution in [3.8, 4) is 0 Å². The maximum Gasteiger partial charge on any atom is 0.313 e. The van der Waals surface area contributed by atoms with Crippen LogP contribution in [0.25, 0.3) is 0 Å². The van der Waals surface area contributed by atoms with Crippen LogP contribution in [0.5, 0.6) is 0 Å². The number of sulfonamides is 1. The Labute approximate surface area is 120 Å². The fourth-order valence-corrected chi connectivity index (χ4v) is 3.57. The van der Waals surface area contributed by atoms with Crippen molar-refractivity contribution in [2.45, 2.75) is 4.90 Å². The molecule has 0 radical (unpaired) electrons. The molecule has 0 saturated heterocycles. The Bertz CT molecular complexity index is 683. The zero-order valence-electron chi connectivity index (χ0n) is 10.8. The van der Waals surface area contributed by atoms with Crippen molar-refractivity contribution in [3.63, 3.8) is 0 Å². The van der Waals surface area contributed by atoms with Crippen LogP contribution in [-0.4, -0.2) is 44.5 Å². The Kier molecular flexibility index (Phi) is 3.91. The second kappa shape index (κ2) is 5.33. The zero-order chi connectivity index (χ0) is 14.9. The van der Waals surface area contributed by atoms with Crippen LogP contribution in [0.15, 0.2) is 27.5 Å². The van der Waals surface area contributed by atoms with Gasteiger partial charge in [0.05, 0.1) is 11.4 Å². The predicted molar refractivity (Wildman–Crippen MR) is 79.1 cm³/mol. The van der Waals surface area contributed by atoms with Gasteiger partial charge in [-0.1, -0.05) is 11.8 Å². The molecule has 0 atom stereocenters. The molecule has 7 nitrogen and oxygen atoms in total. The van der Waals surface area contributed by atoms with Crippen LogP contribution in [0.2, 0.25) is 0 Å². The van der Waals surface area contributed by atoms with Gasteiger partial charge in [-0.3, -0.25) is 4.79 Å². The standard InChI is InChI=1S/C11H13N3O4S2/c1-14(2)7-3-4-8-9(5-7)20(17,18)13-11(12-8)19-6-10(15)16/h3-5H,6H2,1-2H3,(H,12,13)(H,15,16). The van der Waals surface area contributed by atoms with E-state index in [0.29, 0.717) is 5.69 Å². The summed E-state index contributed by atoms with van der Waals surface area (Å²) in [7, 11) is -0.195. The molecular formula is C11H13N3O4S2. The fraction of sp³-hybridized carbons (Fsp3) is 0.273. The molecule has 1 aromatic carbocycles. The smallest absolute Gasteiger partial charge is 0.313 e. The van der Waals surface area contributed by atoms with E-state index in [9.17, 15) is 13.2 Å². The largest absolute Gasteiger partial charge is 0.481 e. The van der Waals surface area contributed by atoms with Gasteiger partial charge in [-0.15, -0.1) is 4.40 Å². The number of carboxylic acids is 1. The molecule has 2 rings (SSSR count). The summed E-state index contributed by atoms with van der Waals surface area (Å²) in [4.78, 5) is 12.4. The van der Waals surface area contributed by atoms with Gasteiger partial charge < -0.3 is 15.3 Å². The molecule has 9 heteroatoms. The molecule has 0 fully saturated rings. The average molecular weight is 315 g/mol. The quantitative estimate of drug-likeness (QED) is 0.859. The number of nitrogens with zero attached hydrogens (tertiary/aromatic N) is 2. The molecule has 108 valence electrons. The maximum atomic E-state index is 12.1. The first-order valence-electron chi connectivity index (χ1n) is 5.57. The van der Waals surface area contributed by atoms with Crippen molar-refractivity contribution in [1.29, 1.82) is 0 Å². The zero-order valence-corrected chi connectivity index (χ0v) is 12.5. The summed E-state index contributed by atoms with van der Waals surface area (Å²) in [5, 5.41) is 11.5. The van der Waals surface area contributed by atoms with Gasteiger partial charge in [-0.25, -0.2) is 0 Å². The van der Waals surface area contributed by atoms with Crippen molar-refractivity contribution >= 4 is 44.3 Å². The number of fused-ring (bicyclic) bond motifs is 1. The molecule has 1 heterocycles. The first-order valence-corrected chi connectivity index (χ1v) is 8.00. The Morgan fingerprint density at radius 1 is 1.45 bits per heavy atom. The summed E-state index contributed by atoms with van der Waals surface area (Å²) < 4.78 is 27.8. The van der Waals surface area contributed by atoms with E-state index < -0.39 is 16.0 Å². The van der Waals surface area contributed by atoms with E-state index in [1.165, 1.54) is 6.07 Å². The number of carboxylic acid groups (broad SMARTS) is 1. The first-order chi connectivity index (χ1) is 9.29. The SMILES string of the molecule is CN(C)c1ccc2c(c1)S(=O)(=O)N=C(SCC(=O)O)N2. The lowest BCUT2D eigenvalue weighted by Crippen LogP contribution is -2.21. The van der Waals surface area contributed by atoms with Crippen molar-refractivity contribution in [2.24, 2.45) is 4.40 Å². The van der Waals surface area contributed by atoms with E-state index in [1.807, 2.05) is 14.1 Å². The number of amidine groups is 1. The van der Waals surface area contributed by atoms with E-state index in [2.05, 4.69) is 9.71 Å². The lowest BCUT2D eigenvalue weighted by molar-refractivity contribution is -0.133. The van der Waals surface area contributed by atoms with Crippen molar-refractivity contribution < 1.29 is 18.3 Å². The van der Waals surface area contributed by atoms with Crippen molar-refractivity contribution in [2.75, 3.05) is 30.1 Å². The van der Waals surface area contributed by atoms with Gasteiger partial charge in [0.25, 0.3) is 10.0 Å². The van der Waals surface area contributed by atoms with E-state index in [0.717, 1.165) is 17.4 Å². The highest BCUT2D eigenvalue weighted by Gasteiger charge is 2.26. The molecule has 0 amide bonds. The Hall–Kier alpha value is -1.74. The molecular weight excluding hydrogens is 302 g/mol. The number of aliphatic carboxylic acids is 1. The number of carbonyl (C=O) groups is 1. The summed E-state index contributed by atoms with van der Waals surface area (Å²) in [5.41, 5.74) is 1.14. The van der Waals surface area contributed by atoms with Crippen molar-refractivity contribution in [3.05, 3.63) is 18.2 Å². The lowest BCUT2D eigenvalue weighted by Gasteiger charge is -2.20. The molecule has 1 aliphatic heterocycles. The minimum absolute atomic E-state index is 0.0671. The van der Waals surface area contributed by atoms with Crippen LogP contribution in [-0.2, 0) is 14.8 Å². The molecule has 1 aromatic rings. The molecule has 2 N–H and O–H groups in total. The molecule has 0 bridgehead atoms. The molecule has 1 aliphatic rings. The van der Waals surface area contributed by atoms with Gasteiger partial charge in [-0.05, 0) is 18.2 Å². The van der Waals surface area contributed by atoms with Crippen LogP contribution in [0.3, 0.4) is 0 Å². The van der Waals surface area contributed by atoms with Gasteiger partial charge in [0.1, 0.15) is 4.90 Å². The normalized spacial score (nSPS) is 15.8. The van der Waals surface area contributed by atoms with Gasteiger partial charge in [0, 0.05) is 19.8 Å². The van der Waals surface area contributed by atoms with Crippen molar-refractivity contribution in [1.82, 2.24) is 0 Å². The summed E-state index contributed by atoms with van der Waals surface area (Å²) in [5.74, 6) is -1.29. The Morgan fingerprint density at radius 2 is 2.15 bits per heavy atom. The van der Waals surface area contributed by atoms with E-state index in [4.69, 9.17) is 5.11 Å². The number of benzene rings is 1. The number of hydrogen-bond donors (Lipinski definition) is 2. The molecule has 0 spiro atoms. The first kappa shape index (κ1) is 14.7. The minimum Gasteiger partial charge on any atom is -0.481 e. The summed E-state index contributed by atoms with van der Waals surface area (Å²) >= 11 is 0.832. The Balaban J connectivity index is 2.37. The molecule has 0 aliphatic carbocycles. The number of thioether (sulfide) groups is 1. The van der Waals surface area contributed by atoms with Crippen LogP contribution in [0.1, 0.15) is 0 Å². The average Bonchev–Trinajstić information content (AvgIpc) is 2.35. The lowest BCUT2D eigenvalue weighted by atomic mass is 10.2. The number of anilines is 2. The highest BCUT2D eigenvalue weighted by Crippen LogP contribution is 2.32. The molecule has 0 aromatic heterocycles. The molecule has 0 unspecified atom stereocenters. The highest BCUT2D eigenvalue weighted by atomic mass is 32.2. The highest BCUT2D eigenvalue weighted by molar-refractivity contribution is 8.15. The summed E-state index contributed by atoms with van der Waals surface area (Å²) in [6.45, 7) is 0. The summed E-state index contributed by atoms with van der Waals surface area (Å²) in [6, 6.07) is 4.93. The monoisotopic (exact) mass is 315 g/mol. The maximum absolute atomic E-state index is 12.1. The predicted octanol–water partition coefficient (Wildman–Crippen LogP) is 1.04. The number of hydrogen-bond acceptors (Lipinski definition) is 6. The molecule has 20 heavy (non-hydrogen) atoms. The number of rotatable bonds is 3. The third kappa shape index (κ3) is 3.05. The minimum atomic E-state index is -3.81. The van der Waals surface area contributed by atoms with Gasteiger partial charge in [0.15, 0.2) is 5.17 Å². The molecule has 0 saturated carbocycles. The van der Waals surface area contributed by atoms with E-state index >= 15 is 0 Å². The van der Waals surface area contributed by atoms with Crippen LogP contribution in [0.4, 0.5) is 11.4 Å². The van der Waals surface area contributed by atoms with Crippen LogP contribution < -0.4 is 10.2 Å². The fourth-order valence-electron chi connectivity index (χ4n) is 1.59. The third-order valence-corrected chi connectivity index (χ3v) is 4.83. The Morgan fingerprint density at radius 3 is 2.75 bits per heavy atom. The second-order valence-electron chi connectivity index (χ2n) is 4.25. The van der Waals surface area contributed by atoms with Gasteiger partial charge in [0.2, 0.25) is 0 Å². The van der Waals surface area contributed by atoms with Gasteiger partial charge >= 0.3 is 5.97 Å². The number of nitrogens with one attached hydrogen (secondary N) is 1. The van der Waals surface area contributed by atoms with E-state index in [1.54, 1.807) is 17.0 Å². The topological polar surface area (TPSA) is 99.1 Å².